The minimum Gasteiger partial charge on any atom is -0.383 e. The lowest BCUT2D eigenvalue weighted by atomic mass is 9.96. The van der Waals surface area contributed by atoms with Crippen molar-refractivity contribution >= 4 is 17.7 Å². The smallest absolute Gasteiger partial charge is 0.247 e. The molecule has 2 aliphatic rings. The van der Waals surface area contributed by atoms with Crippen molar-refractivity contribution in [3.63, 3.8) is 0 Å². The summed E-state index contributed by atoms with van der Waals surface area (Å²) in [5.74, 6) is -0.418. The van der Waals surface area contributed by atoms with Crippen LogP contribution in [0.25, 0.3) is 0 Å². The molecule has 0 bridgehead atoms. The van der Waals surface area contributed by atoms with E-state index in [1.54, 1.807) is 45.0 Å². The van der Waals surface area contributed by atoms with Gasteiger partial charge in [-0.05, 0) is 11.6 Å². The van der Waals surface area contributed by atoms with Gasteiger partial charge >= 0.3 is 0 Å². The van der Waals surface area contributed by atoms with E-state index in [4.69, 9.17) is 4.74 Å². The van der Waals surface area contributed by atoms with Crippen molar-refractivity contribution in [2.24, 2.45) is 0 Å². The minimum absolute atomic E-state index is 0.121. The summed E-state index contributed by atoms with van der Waals surface area (Å²) in [5, 5.41) is 4.15. The van der Waals surface area contributed by atoms with Gasteiger partial charge < -0.3 is 19.4 Å². The first-order valence-corrected chi connectivity index (χ1v) is 11.0. The van der Waals surface area contributed by atoms with Crippen LogP contribution < -0.4 is 0 Å². The second-order valence-corrected chi connectivity index (χ2v) is 8.14. The molecule has 0 unspecified atom stereocenters. The van der Waals surface area contributed by atoms with Crippen LogP contribution in [0.15, 0.2) is 48.8 Å². The first kappa shape index (κ1) is 22.0. The molecule has 0 spiro atoms. The SMILES string of the molecule is COCCN1CCN2C(=O)[C@H](Cc3ccccc3)N(C(=O)CCn3cccn3)C[C@H]2C1=O. The molecule has 0 aliphatic carbocycles. The van der Waals surface area contributed by atoms with E-state index in [0.29, 0.717) is 39.2 Å². The highest BCUT2D eigenvalue weighted by Gasteiger charge is 2.47. The van der Waals surface area contributed by atoms with Crippen LogP contribution in [0.2, 0.25) is 0 Å². The highest BCUT2D eigenvalue weighted by atomic mass is 16.5. The molecule has 2 aliphatic heterocycles. The monoisotopic (exact) mass is 439 g/mol. The predicted octanol–water partition coefficient (Wildman–Crippen LogP) is 0.413. The molecule has 4 rings (SSSR count). The number of carbonyl (C=O) groups is 3. The Bertz CT molecular complexity index is 933. The zero-order valence-corrected chi connectivity index (χ0v) is 18.3. The fourth-order valence-corrected chi connectivity index (χ4v) is 4.44. The van der Waals surface area contributed by atoms with Gasteiger partial charge in [0.15, 0.2) is 0 Å². The summed E-state index contributed by atoms with van der Waals surface area (Å²) >= 11 is 0. The van der Waals surface area contributed by atoms with E-state index in [1.165, 1.54) is 0 Å². The van der Waals surface area contributed by atoms with E-state index >= 15 is 0 Å². The molecule has 0 radical (unpaired) electrons. The van der Waals surface area contributed by atoms with Crippen molar-refractivity contribution in [1.29, 1.82) is 0 Å². The number of methoxy groups -OCH3 is 1. The summed E-state index contributed by atoms with van der Waals surface area (Å²) in [6.45, 7) is 2.51. The number of hydrogen-bond acceptors (Lipinski definition) is 5. The lowest BCUT2D eigenvalue weighted by Crippen LogP contribution is -2.70. The van der Waals surface area contributed by atoms with Gasteiger partial charge in [-0.2, -0.15) is 5.10 Å². The number of aromatic nitrogens is 2. The van der Waals surface area contributed by atoms with E-state index in [0.717, 1.165) is 5.56 Å². The number of hydrogen-bond donors (Lipinski definition) is 0. The third kappa shape index (κ3) is 4.67. The fourth-order valence-electron chi connectivity index (χ4n) is 4.44. The van der Waals surface area contributed by atoms with Gasteiger partial charge in [-0.3, -0.25) is 19.1 Å². The van der Waals surface area contributed by atoms with Crippen molar-refractivity contribution < 1.29 is 19.1 Å². The van der Waals surface area contributed by atoms with Gasteiger partial charge in [-0.1, -0.05) is 30.3 Å². The highest BCUT2D eigenvalue weighted by Crippen LogP contribution is 2.25. The third-order valence-corrected chi connectivity index (χ3v) is 6.17. The molecular formula is C23H29N5O4. The molecule has 1 aromatic carbocycles. The number of rotatable bonds is 8. The molecule has 0 saturated carbocycles. The second-order valence-electron chi connectivity index (χ2n) is 8.14. The van der Waals surface area contributed by atoms with E-state index in [1.807, 2.05) is 30.3 Å². The van der Waals surface area contributed by atoms with Crippen molar-refractivity contribution in [3.8, 4) is 0 Å². The Morgan fingerprint density at radius 3 is 2.62 bits per heavy atom. The van der Waals surface area contributed by atoms with Crippen molar-refractivity contribution in [3.05, 3.63) is 54.4 Å². The summed E-state index contributed by atoms with van der Waals surface area (Å²) in [6.07, 6.45) is 4.11. The summed E-state index contributed by atoms with van der Waals surface area (Å²) in [5.41, 5.74) is 0.985. The zero-order chi connectivity index (χ0) is 22.5. The van der Waals surface area contributed by atoms with Gasteiger partial charge in [0.2, 0.25) is 17.7 Å². The summed E-state index contributed by atoms with van der Waals surface area (Å²) in [4.78, 5) is 44.9. The number of fused-ring (bicyclic) bond motifs is 1. The maximum Gasteiger partial charge on any atom is 0.247 e. The molecule has 2 atom stereocenters. The zero-order valence-electron chi connectivity index (χ0n) is 18.3. The lowest BCUT2D eigenvalue weighted by molar-refractivity contribution is -0.166. The lowest BCUT2D eigenvalue weighted by Gasteiger charge is -2.49. The molecule has 2 fully saturated rings. The number of ether oxygens (including phenoxy) is 1. The van der Waals surface area contributed by atoms with Gasteiger partial charge in [0, 0.05) is 58.5 Å². The first-order valence-electron chi connectivity index (χ1n) is 11.0. The Balaban J connectivity index is 1.54. The normalized spacial score (nSPS) is 21.1. The number of benzene rings is 1. The molecular weight excluding hydrogens is 410 g/mol. The molecule has 3 amide bonds. The van der Waals surface area contributed by atoms with E-state index < -0.39 is 12.1 Å². The van der Waals surface area contributed by atoms with Crippen LogP contribution in [0.1, 0.15) is 12.0 Å². The number of aryl methyl sites for hydroxylation is 1. The van der Waals surface area contributed by atoms with Crippen LogP contribution in [0.3, 0.4) is 0 Å². The Morgan fingerprint density at radius 1 is 1.09 bits per heavy atom. The average molecular weight is 440 g/mol. The maximum absolute atomic E-state index is 13.5. The van der Waals surface area contributed by atoms with Gasteiger partial charge in [0.1, 0.15) is 12.1 Å². The van der Waals surface area contributed by atoms with E-state index in [9.17, 15) is 14.4 Å². The molecule has 32 heavy (non-hydrogen) atoms. The molecule has 2 aromatic rings. The standard InChI is InChI=1S/C23H29N5O4/c1-32-15-14-25-12-13-27-20(22(25)30)17-28(21(29)8-11-26-10-5-9-24-26)19(23(27)31)16-18-6-3-2-4-7-18/h2-7,9-10,19-20H,8,11-17H2,1H3/t19-,20-/m0/s1. The minimum atomic E-state index is -0.645. The predicted molar refractivity (Wildman–Crippen MR) is 116 cm³/mol. The first-order chi connectivity index (χ1) is 15.6. The molecule has 1 aromatic heterocycles. The topological polar surface area (TPSA) is 88.0 Å². The van der Waals surface area contributed by atoms with Gasteiger partial charge in [0.05, 0.1) is 13.2 Å². The van der Waals surface area contributed by atoms with E-state index in [-0.39, 0.29) is 30.7 Å². The van der Waals surface area contributed by atoms with Gasteiger partial charge in [-0.25, -0.2) is 0 Å². The molecule has 9 heteroatoms. The Kier molecular flexibility index (Phi) is 6.84. The van der Waals surface area contributed by atoms with Gasteiger partial charge in [0.25, 0.3) is 0 Å². The maximum atomic E-state index is 13.5. The Labute approximate surface area is 187 Å². The second kappa shape index (κ2) is 9.95. The number of piperazine rings is 2. The summed E-state index contributed by atoms with van der Waals surface area (Å²) < 4.78 is 6.81. The Morgan fingerprint density at radius 2 is 1.91 bits per heavy atom. The molecule has 170 valence electrons. The Hall–Kier alpha value is -3.20. The van der Waals surface area contributed by atoms with Crippen LogP contribution >= 0.6 is 0 Å². The van der Waals surface area contributed by atoms with Crippen LogP contribution in [0.4, 0.5) is 0 Å². The largest absolute Gasteiger partial charge is 0.383 e. The molecule has 0 N–H and O–H groups in total. The third-order valence-electron chi connectivity index (χ3n) is 6.17. The molecule has 9 nitrogen and oxygen atoms in total. The molecule has 2 saturated heterocycles. The summed E-state index contributed by atoms with van der Waals surface area (Å²) in [7, 11) is 1.60. The number of nitrogens with zero attached hydrogens (tertiary/aromatic N) is 5. The van der Waals surface area contributed by atoms with Gasteiger partial charge in [-0.15, -0.1) is 0 Å². The van der Waals surface area contributed by atoms with Crippen LogP contribution in [-0.4, -0.2) is 94.2 Å². The average Bonchev–Trinajstić information content (AvgIpc) is 3.33. The van der Waals surface area contributed by atoms with Crippen molar-refractivity contribution in [2.75, 3.05) is 39.9 Å². The summed E-state index contributed by atoms with van der Waals surface area (Å²) in [6, 6.07) is 10.2. The van der Waals surface area contributed by atoms with Crippen molar-refractivity contribution in [2.45, 2.75) is 31.5 Å². The fraction of sp³-hybridized carbons (Fsp3) is 0.478. The van der Waals surface area contributed by atoms with E-state index in [2.05, 4.69) is 5.10 Å². The van der Waals surface area contributed by atoms with Crippen LogP contribution in [-0.2, 0) is 32.1 Å². The van der Waals surface area contributed by atoms with Crippen molar-refractivity contribution in [1.82, 2.24) is 24.5 Å². The van der Waals surface area contributed by atoms with Crippen LogP contribution in [0, 0.1) is 0 Å². The highest BCUT2D eigenvalue weighted by molar-refractivity contribution is 5.95. The quantitative estimate of drug-likeness (QED) is 0.595. The number of carbonyl (C=O) groups excluding carboxylic acids is 3. The molecule has 3 heterocycles. The van der Waals surface area contributed by atoms with Crippen LogP contribution in [0.5, 0.6) is 0 Å². The number of amides is 3.